The molecule has 2 aliphatic rings. The first kappa shape index (κ1) is 10.5. The molecule has 0 spiro atoms. The lowest BCUT2D eigenvalue weighted by Crippen LogP contribution is -2.26. The molecule has 3 heterocycles. The van der Waals surface area contributed by atoms with Crippen molar-refractivity contribution in [1.82, 2.24) is 15.1 Å². The van der Waals surface area contributed by atoms with Gasteiger partial charge in [0.25, 0.3) is 0 Å². The van der Waals surface area contributed by atoms with Crippen molar-refractivity contribution in [2.45, 2.75) is 0 Å². The molecule has 7 nitrogen and oxygen atoms in total. The van der Waals surface area contributed by atoms with Crippen LogP contribution in [0.2, 0.25) is 0 Å². The second kappa shape index (κ2) is 3.69. The van der Waals surface area contributed by atoms with E-state index >= 15 is 0 Å². The number of hydrogen-bond donors (Lipinski definition) is 1. The van der Waals surface area contributed by atoms with E-state index in [1.54, 1.807) is 7.05 Å². The monoisotopic (exact) mass is 237 g/mol. The summed E-state index contributed by atoms with van der Waals surface area (Å²) in [6.07, 6.45) is 1.47. The first-order valence-corrected chi connectivity index (χ1v) is 5.79. The van der Waals surface area contributed by atoms with Gasteiger partial charge in [-0.3, -0.25) is 14.8 Å². The Morgan fingerprint density at radius 3 is 2.71 bits per heavy atom. The highest BCUT2D eigenvalue weighted by Crippen LogP contribution is 2.34. The highest BCUT2D eigenvalue weighted by Gasteiger charge is 2.39. The number of aromatic nitrogens is 2. The van der Waals surface area contributed by atoms with Gasteiger partial charge in [-0.1, -0.05) is 0 Å². The van der Waals surface area contributed by atoms with Crippen molar-refractivity contribution in [3.05, 3.63) is 16.3 Å². The molecular weight excluding hydrogens is 222 g/mol. The zero-order valence-electron chi connectivity index (χ0n) is 9.67. The number of nitro groups is 1. The largest absolute Gasteiger partial charge is 0.349 e. The van der Waals surface area contributed by atoms with Crippen molar-refractivity contribution in [1.29, 1.82) is 0 Å². The summed E-state index contributed by atoms with van der Waals surface area (Å²) in [6.45, 7) is 3.77. The van der Waals surface area contributed by atoms with Crippen LogP contribution in [-0.4, -0.2) is 40.9 Å². The van der Waals surface area contributed by atoms with E-state index in [1.165, 1.54) is 10.9 Å². The van der Waals surface area contributed by atoms with Crippen molar-refractivity contribution in [3.63, 3.8) is 0 Å². The second-order valence-corrected chi connectivity index (χ2v) is 4.85. The number of fused-ring (bicyclic) bond motifs is 1. The standard InChI is InChI=1S/C10H15N5O2/c1-13-6-9(15(16)17)10(12-13)14-4-7-2-11-3-8(7)5-14/h6-8,11H,2-5H2,1H3. The van der Waals surface area contributed by atoms with Crippen molar-refractivity contribution < 1.29 is 4.92 Å². The van der Waals surface area contributed by atoms with Crippen LogP contribution in [-0.2, 0) is 7.05 Å². The molecule has 7 heteroatoms. The SMILES string of the molecule is Cn1cc([N+](=O)[O-])c(N2CC3CNCC3C2)n1. The minimum absolute atomic E-state index is 0.112. The van der Waals surface area contributed by atoms with Crippen LogP contribution in [0.15, 0.2) is 6.20 Å². The fourth-order valence-electron chi connectivity index (χ4n) is 2.85. The topological polar surface area (TPSA) is 76.2 Å². The van der Waals surface area contributed by atoms with Crippen LogP contribution in [0, 0.1) is 22.0 Å². The Bertz CT molecular complexity index is 446. The first-order valence-electron chi connectivity index (χ1n) is 5.79. The summed E-state index contributed by atoms with van der Waals surface area (Å²) in [5.41, 5.74) is 0.112. The predicted octanol–water partition coefficient (Wildman–Crippen LogP) is -0.0161. The molecule has 3 rings (SSSR count). The molecule has 2 saturated heterocycles. The van der Waals surface area contributed by atoms with Gasteiger partial charge < -0.3 is 10.2 Å². The molecule has 92 valence electrons. The average molecular weight is 237 g/mol. The van der Waals surface area contributed by atoms with Gasteiger partial charge in [0, 0.05) is 33.2 Å². The Kier molecular flexibility index (Phi) is 2.29. The number of aryl methyl sites for hydroxylation is 1. The molecule has 0 aliphatic carbocycles. The van der Waals surface area contributed by atoms with Crippen molar-refractivity contribution in [3.8, 4) is 0 Å². The summed E-state index contributed by atoms with van der Waals surface area (Å²) in [7, 11) is 1.72. The molecule has 1 aromatic rings. The van der Waals surface area contributed by atoms with Gasteiger partial charge in [0.1, 0.15) is 6.20 Å². The zero-order chi connectivity index (χ0) is 12.0. The molecule has 0 bridgehead atoms. The highest BCUT2D eigenvalue weighted by atomic mass is 16.6. The number of nitrogens with one attached hydrogen (secondary N) is 1. The molecule has 2 unspecified atom stereocenters. The van der Waals surface area contributed by atoms with E-state index in [0.29, 0.717) is 17.7 Å². The summed E-state index contributed by atoms with van der Waals surface area (Å²) < 4.78 is 1.51. The van der Waals surface area contributed by atoms with Crippen LogP contribution >= 0.6 is 0 Å². The number of nitrogens with zero attached hydrogens (tertiary/aromatic N) is 4. The third-order valence-corrected chi connectivity index (χ3v) is 3.68. The van der Waals surface area contributed by atoms with E-state index in [4.69, 9.17) is 0 Å². The maximum atomic E-state index is 11.0. The molecule has 0 amide bonds. The molecule has 17 heavy (non-hydrogen) atoms. The van der Waals surface area contributed by atoms with Gasteiger partial charge in [-0.2, -0.15) is 0 Å². The van der Waals surface area contributed by atoms with E-state index in [2.05, 4.69) is 10.4 Å². The maximum absolute atomic E-state index is 11.0. The van der Waals surface area contributed by atoms with Crippen molar-refractivity contribution in [2.75, 3.05) is 31.1 Å². The van der Waals surface area contributed by atoms with Gasteiger partial charge in [-0.15, -0.1) is 5.10 Å². The quantitative estimate of drug-likeness (QED) is 0.578. The minimum Gasteiger partial charge on any atom is -0.349 e. The van der Waals surface area contributed by atoms with Crippen LogP contribution in [0.1, 0.15) is 0 Å². The third-order valence-electron chi connectivity index (χ3n) is 3.68. The van der Waals surface area contributed by atoms with Crippen molar-refractivity contribution >= 4 is 11.5 Å². The zero-order valence-corrected chi connectivity index (χ0v) is 9.67. The van der Waals surface area contributed by atoms with Crippen molar-refractivity contribution in [2.24, 2.45) is 18.9 Å². The Balaban J connectivity index is 1.87. The van der Waals surface area contributed by atoms with Gasteiger partial charge in [-0.05, 0) is 11.8 Å². The summed E-state index contributed by atoms with van der Waals surface area (Å²) in [5.74, 6) is 1.74. The van der Waals surface area contributed by atoms with Gasteiger partial charge in [0.2, 0.25) is 5.82 Å². The van der Waals surface area contributed by atoms with Crippen LogP contribution in [0.3, 0.4) is 0 Å². The normalized spacial score (nSPS) is 27.5. The molecule has 1 N–H and O–H groups in total. The fraction of sp³-hybridized carbons (Fsp3) is 0.700. The maximum Gasteiger partial charge on any atom is 0.330 e. The minimum atomic E-state index is -0.352. The van der Waals surface area contributed by atoms with Crippen LogP contribution in [0.25, 0.3) is 0 Å². The van der Waals surface area contributed by atoms with E-state index < -0.39 is 0 Å². The molecular formula is C10H15N5O2. The summed E-state index contributed by atoms with van der Waals surface area (Å²) in [4.78, 5) is 12.6. The summed E-state index contributed by atoms with van der Waals surface area (Å²) >= 11 is 0. The Labute approximate surface area is 98.5 Å². The van der Waals surface area contributed by atoms with Crippen LogP contribution in [0.5, 0.6) is 0 Å². The smallest absolute Gasteiger partial charge is 0.330 e. The van der Waals surface area contributed by atoms with Crippen LogP contribution in [0.4, 0.5) is 11.5 Å². The Morgan fingerprint density at radius 2 is 2.12 bits per heavy atom. The fourth-order valence-corrected chi connectivity index (χ4v) is 2.85. The number of rotatable bonds is 2. The lowest BCUT2D eigenvalue weighted by molar-refractivity contribution is -0.384. The molecule has 0 saturated carbocycles. The molecule has 0 aromatic carbocycles. The van der Waals surface area contributed by atoms with Gasteiger partial charge in [0.05, 0.1) is 4.92 Å². The lowest BCUT2D eigenvalue weighted by atomic mass is 10.0. The predicted molar refractivity (Wildman–Crippen MR) is 61.9 cm³/mol. The van der Waals surface area contributed by atoms with Gasteiger partial charge in [0.15, 0.2) is 0 Å². The number of anilines is 1. The molecule has 2 aliphatic heterocycles. The highest BCUT2D eigenvalue weighted by molar-refractivity contribution is 5.57. The van der Waals surface area contributed by atoms with E-state index in [0.717, 1.165) is 26.2 Å². The van der Waals surface area contributed by atoms with Gasteiger partial charge >= 0.3 is 5.69 Å². The Morgan fingerprint density at radius 1 is 1.47 bits per heavy atom. The van der Waals surface area contributed by atoms with Gasteiger partial charge in [-0.25, -0.2) is 0 Å². The Hall–Kier alpha value is -1.63. The summed E-state index contributed by atoms with van der Waals surface area (Å²) in [5, 5.41) is 18.5. The van der Waals surface area contributed by atoms with E-state index in [1.807, 2.05) is 4.90 Å². The van der Waals surface area contributed by atoms with E-state index in [9.17, 15) is 10.1 Å². The lowest BCUT2D eigenvalue weighted by Gasteiger charge is -2.15. The summed E-state index contributed by atoms with van der Waals surface area (Å²) in [6, 6.07) is 0. The number of hydrogen-bond acceptors (Lipinski definition) is 5. The molecule has 0 radical (unpaired) electrons. The molecule has 2 fully saturated rings. The third kappa shape index (κ3) is 1.66. The first-order chi connectivity index (χ1) is 8.15. The van der Waals surface area contributed by atoms with Crippen LogP contribution < -0.4 is 10.2 Å². The average Bonchev–Trinajstić information content (AvgIpc) is 2.87. The second-order valence-electron chi connectivity index (χ2n) is 4.85. The van der Waals surface area contributed by atoms with E-state index in [-0.39, 0.29) is 10.6 Å². The molecule has 2 atom stereocenters. The molecule has 1 aromatic heterocycles.